The summed E-state index contributed by atoms with van der Waals surface area (Å²) in [5, 5.41) is 9.03. The van der Waals surface area contributed by atoms with Crippen LogP contribution in [0.5, 0.6) is 5.75 Å². The average molecular weight is 258 g/mol. The quantitative estimate of drug-likeness (QED) is 0.882. The number of ether oxygens (including phenoxy) is 1. The van der Waals surface area contributed by atoms with Gasteiger partial charge in [0.1, 0.15) is 17.1 Å². The van der Waals surface area contributed by atoms with Gasteiger partial charge in [-0.05, 0) is 36.2 Å². The van der Waals surface area contributed by atoms with Crippen molar-refractivity contribution in [1.29, 1.82) is 0 Å². The molecule has 3 N–H and O–H groups in total. The summed E-state index contributed by atoms with van der Waals surface area (Å²) in [5.74, 6) is -0.288. The highest BCUT2D eigenvalue weighted by molar-refractivity contribution is 5.94. The predicted molar refractivity (Wildman–Crippen MR) is 72.3 cm³/mol. The number of nitrogens with zero attached hydrogens (tertiary/aromatic N) is 1. The summed E-state index contributed by atoms with van der Waals surface area (Å²) in [5.41, 5.74) is 8.08. The number of pyridine rings is 1. The van der Waals surface area contributed by atoms with E-state index in [2.05, 4.69) is 4.98 Å². The van der Waals surface area contributed by atoms with E-state index in [1.165, 1.54) is 6.07 Å². The fraction of sp³-hybridized carbons (Fsp3) is 0.143. The number of nitrogens with two attached hydrogens (primary N) is 1. The highest BCUT2D eigenvalue weighted by atomic mass is 16.5. The number of aryl methyl sites for hydroxylation is 1. The minimum absolute atomic E-state index is 0.00553. The number of nitrogen functional groups attached to an aromatic ring is 1. The lowest BCUT2D eigenvalue weighted by Crippen LogP contribution is -2.04. The summed E-state index contributed by atoms with van der Waals surface area (Å²) in [6, 6.07) is 7.12. The van der Waals surface area contributed by atoms with Crippen molar-refractivity contribution in [2.75, 3.05) is 12.8 Å². The van der Waals surface area contributed by atoms with Crippen LogP contribution in [0.1, 0.15) is 15.9 Å². The first-order valence-corrected chi connectivity index (χ1v) is 5.66. The van der Waals surface area contributed by atoms with Crippen LogP contribution >= 0.6 is 0 Å². The van der Waals surface area contributed by atoms with Gasteiger partial charge in [0.05, 0.1) is 7.11 Å². The molecule has 0 aliphatic carbocycles. The van der Waals surface area contributed by atoms with Crippen LogP contribution in [0, 0.1) is 6.92 Å². The Labute approximate surface area is 110 Å². The first kappa shape index (κ1) is 12.9. The molecule has 2 aromatic rings. The van der Waals surface area contributed by atoms with E-state index in [1.807, 2.05) is 25.1 Å². The fourth-order valence-corrected chi connectivity index (χ4v) is 1.86. The van der Waals surface area contributed by atoms with E-state index >= 15 is 0 Å². The van der Waals surface area contributed by atoms with E-state index in [0.29, 0.717) is 5.56 Å². The van der Waals surface area contributed by atoms with Gasteiger partial charge in [-0.1, -0.05) is 6.07 Å². The molecule has 19 heavy (non-hydrogen) atoms. The second-order valence-electron chi connectivity index (χ2n) is 4.15. The summed E-state index contributed by atoms with van der Waals surface area (Å²) >= 11 is 0. The standard InChI is InChI=1S/C14H14N2O3/c1-8-5-9(3-4-12(8)19-2)10-6-11(14(17)18)13(15)16-7-10/h3-7H,1-2H3,(H2,15,16)(H,17,18). The van der Waals surface area contributed by atoms with Crippen LogP contribution in [-0.2, 0) is 0 Å². The zero-order valence-corrected chi connectivity index (χ0v) is 10.7. The number of aromatic nitrogens is 1. The molecule has 0 bridgehead atoms. The Morgan fingerprint density at radius 2 is 2.05 bits per heavy atom. The van der Waals surface area contributed by atoms with Gasteiger partial charge in [-0.2, -0.15) is 0 Å². The van der Waals surface area contributed by atoms with Crippen molar-refractivity contribution in [1.82, 2.24) is 4.98 Å². The van der Waals surface area contributed by atoms with Crippen molar-refractivity contribution in [3.8, 4) is 16.9 Å². The van der Waals surface area contributed by atoms with Crippen molar-refractivity contribution in [3.05, 3.63) is 41.6 Å². The molecule has 0 unspecified atom stereocenters. The summed E-state index contributed by atoms with van der Waals surface area (Å²) in [4.78, 5) is 14.9. The molecule has 0 aliphatic rings. The first-order chi connectivity index (χ1) is 9.02. The molecule has 98 valence electrons. The maximum Gasteiger partial charge on any atom is 0.339 e. The minimum Gasteiger partial charge on any atom is -0.496 e. The fourth-order valence-electron chi connectivity index (χ4n) is 1.86. The molecule has 2 rings (SSSR count). The van der Waals surface area contributed by atoms with Crippen LogP contribution in [0.3, 0.4) is 0 Å². The molecule has 0 aliphatic heterocycles. The lowest BCUT2D eigenvalue weighted by molar-refractivity contribution is 0.0697. The van der Waals surface area contributed by atoms with E-state index < -0.39 is 5.97 Å². The molecule has 0 saturated carbocycles. The molecule has 1 aromatic heterocycles. The monoisotopic (exact) mass is 258 g/mol. The first-order valence-electron chi connectivity index (χ1n) is 5.66. The van der Waals surface area contributed by atoms with E-state index in [9.17, 15) is 4.79 Å². The van der Waals surface area contributed by atoms with Crippen LogP contribution in [-0.4, -0.2) is 23.2 Å². The molecule has 0 spiro atoms. The Morgan fingerprint density at radius 1 is 1.32 bits per heavy atom. The number of carboxylic acids is 1. The van der Waals surface area contributed by atoms with Gasteiger partial charge in [0.2, 0.25) is 0 Å². The van der Waals surface area contributed by atoms with E-state index in [0.717, 1.165) is 16.9 Å². The number of hydrogen-bond donors (Lipinski definition) is 2. The number of hydrogen-bond acceptors (Lipinski definition) is 4. The molecule has 0 amide bonds. The summed E-state index contributed by atoms with van der Waals surface area (Å²) in [6.07, 6.45) is 1.56. The summed E-state index contributed by atoms with van der Waals surface area (Å²) in [7, 11) is 1.61. The number of carbonyl (C=O) groups is 1. The van der Waals surface area contributed by atoms with Gasteiger partial charge in [-0.25, -0.2) is 9.78 Å². The van der Waals surface area contributed by atoms with Gasteiger partial charge in [0.25, 0.3) is 0 Å². The molecule has 0 radical (unpaired) electrons. The number of benzene rings is 1. The van der Waals surface area contributed by atoms with Gasteiger partial charge in [-0.3, -0.25) is 0 Å². The maximum atomic E-state index is 11.0. The Morgan fingerprint density at radius 3 is 2.63 bits per heavy atom. The van der Waals surface area contributed by atoms with E-state index in [-0.39, 0.29) is 11.4 Å². The van der Waals surface area contributed by atoms with Crippen LogP contribution in [0.15, 0.2) is 30.5 Å². The normalized spacial score (nSPS) is 10.2. The van der Waals surface area contributed by atoms with Gasteiger partial charge in [0, 0.05) is 11.8 Å². The summed E-state index contributed by atoms with van der Waals surface area (Å²) in [6.45, 7) is 1.92. The van der Waals surface area contributed by atoms with Crippen LogP contribution < -0.4 is 10.5 Å². The van der Waals surface area contributed by atoms with Crippen molar-refractivity contribution in [3.63, 3.8) is 0 Å². The van der Waals surface area contributed by atoms with Crippen LogP contribution in [0.25, 0.3) is 11.1 Å². The van der Waals surface area contributed by atoms with Crippen molar-refractivity contribution < 1.29 is 14.6 Å². The Bertz CT molecular complexity index is 639. The van der Waals surface area contributed by atoms with Crippen molar-refractivity contribution in [2.24, 2.45) is 0 Å². The number of anilines is 1. The zero-order chi connectivity index (χ0) is 14.0. The predicted octanol–water partition coefficient (Wildman–Crippen LogP) is 2.35. The number of aromatic carboxylic acids is 1. The lowest BCUT2D eigenvalue weighted by atomic mass is 10.0. The Balaban J connectivity index is 2.50. The van der Waals surface area contributed by atoms with Crippen molar-refractivity contribution >= 4 is 11.8 Å². The Kier molecular flexibility index (Phi) is 3.37. The third-order valence-electron chi connectivity index (χ3n) is 2.88. The highest BCUT2D eigenvalue weighted by Crippen LogP contribution is 2.27. The van der Waals surface area contributed by atoms with Crippen LogP contribution in [0.2, 0.25) is 0 Å². The second-order valence-corrected chi connectivity index (χ2v) is 4.15. The molecular formula is C14H14N2O3. The second kappa shape index (κ2) is 4.97. The highest BCUT2D eigenvalue weighted by Gasteiger charge is 2.11. The van der Waals surface area contributed by atoms with Gasteiger partial charge in [0.15, 0.2) is 0 Å². The molecule has 5 heteroatoms. The van der Waals surface area contributed by atoms with Crippen LogP contribution in [0.4, 0.5) is 5.82 Å². The number of rotatable bonds is 3. The molecule has 1 aromatic carbocycles. The molecule has 0 fully saturated rings. The van der Waals surface area contributed by atoms with E-state index in [1.54, 1.807) is 13.3 Å². The third-order valence-corrected chi connectivity index (χ3v) is 2.88. The Hall–Kier alpha value is -2.56. The molecular weight excluding hydrogens is 244 g/mol. The minimum atomic E-state index is -1.09. The SMILES string of the molecule is COc1ccc(-c2cnc(N)c(C(=O)O)c2)cc1C. The molecule has 0 atom stereocenters. The van der Waals surface area contributed by atoms with E-state index in [4.69, 9.17) is 15.6 Å². The van der Waals surface area contributed by atoms with Gasteiger partial charge in [-0.15, -0.1) is 0 Å². The molecule has 0 saturated heterocycles. The van der Waals surface area contributed by atoms with Gasteiger partial charge >= 0.3 is 5.97 Å². The summed E-state index contributed by atoms with van der Waals surface area (Å²) < 4.78 is 5.19. The molecule has 1 heterocycles. The zero-order valence-electron chi connectivity index (χ0n) is 10.7. The number of carboxylic acid groups (broad SMARTS) is 1. The van der Waals surface area contributed by atoms with Gasteiger partial charge < -0.3 is 15.6 Å². The third kappa shape index (κ3) is 2.49. The molecule has 5 nitrogen and oxygen atoms in total. The maximum absolute atomic E-state index is 11.0. The van der Waals surface area contributed by atoms with Crippen molar-refractivity contribution in [2.45, 2.75) is 6.92 Å². The topological polar surface area (TPSA) is 85.4 Å². The average Bonchev–Trinajstić information content (AvgIpc) is 2.38. The largest absolute Gasteiger partial charge is 0.496 e. The smallest absolute Gasteiger partial charge is 0.339 e. The number of methoxy groups -OCH3 is 1. The lowest BCUT2D eigenvalue weighted by Gasteiger charge is -2.08.